The molecule has 0 fully saturated rings. The number of amides is 1. The number of unbranched alkanes of at least 4 members (excludes halogenated alkanes) is 4. The summed E-state index contributed by atoms with van der Waals surface area (Å²) in [5.41, 5.74) is 2.12. The van der Waals surface area contributed by atoms with Crippen molar-refractivity contribution in [2.24, 2.45) is 10.1 Å². The van der Waals surface area contributed by atoms with Gasteiger partial charge < -0.3 is 14.0 Å². The first-order valence-corrected chi connectivity index (χ1v) is 14.2. The molecule has 202 valence electrons. The van der Waals surface area contributed by atoms with E-state index in [1.54, 1.807) is 13.2 Å². The number of hydrogen-bond acceptors (Lipinski definition) is 6. The van der Waals surface area contributed by atoms with Crippen LogP contribution >= 0.6 is 11.8 Å². The monoisotopic (exact) mass is 543 g/mol. The van der Waals surface area contributed by atoms with Gasteiger partial charge in [-0.15, -0.1) is 0 Å². The zero-order valence-corrected chi connectivity index (χ0v) is 23.2. The fourth-order valence-electron chi connectivity index (χ4n) is 4.70. The van der Waals surface area contributed by atoms with Crippen molar-refractivity contribution in [3.8, 4) is 11.5 Å². The van der Waals surface area contributed by atoms with E-state index in [2.05, 4.69) is 21.6 Å². The van der Waals surface area contributed by atoms with Crippen molar-refractivity contribution in [3.05, 3.63) is 65.9 Å². The van der Waals surface area contributed by atoms with Gasteiger partial charge in [-0.05, 0) is 48.9 Å². The number of methoxy groups -OCH3 is 1. The normalized spacial score (nSPS) is 16.1. The fourth-order valence-corrected chi connectivity index (χ4v) is 5.62. The molecule has 0 spiro atoms. The number of nitrogens with one attached hydrogen (secondary N) is 1. The Balaban J connectivity index is 1.32. The molecule has 0 radical (unpaired) electrons. The first-order valence-electron chi connectivity index (χ1n) is 13.4. The van der Waals surface area contributed by atoms with Crippen LogP contribution < -0.4 is 9.47 Å². The number of carbonyl (C=O) groups excluding carboxylic acids is 1. The molecular formula is C30H33N5O3S. The summed E-state index contributed by atoms with van der Waals surface area (Å²) in [5, 5.41) is 17.3. The van der Waals surface area contributed by atoms with Crippen molar-refractivity contribution in [2.45, 2.75) is 52.0 Å². The van der Waals surface area contributed by atoms with Gasteiger partial charge >= 0.3 is 0 Å². The molecular weight excluding hydrogens is 510 g/mol. The van der Waals surface area contributed by atoms with E-state index in [1.165, 1.54) is 36.0 Å². The van der Waals surface area contributed by atoms with Gasteiger partial charge in [0.2, 0.25) is 5.17 Å². The summed E-state index contributed by atoms with van der Waals surface area (Å²) >= 11 is 1.40. The Bertz CT molecular complexity index is 1470. The minimum atomic E-state index is -0.406. The molecule has 9 heteroatoms. The highest BCUT2D eigenvalue weighted by atomic mass is 32.2. The Labute approximate surface area is 232 Å². The number of hydrazone groups is 1. The molecule has 0 saturated carbocycles. The number of rotatable bonds is 12. The third kappa shape index (κ3) is 6.09. The Kier molecular flexibility index (Phi) is 8.46. The topological polar surface area (TPSA) is 92.3 Å². The molecule has 2 aliphatic rings. The van der Waals surface area contributed by atoms with Crippen molar-refractivity contribution in [3.63, 3.8) is 0 Å². The van der Waals surface area contributed by atoms with Crippen LogP contribution in [0.5, 0.6) is 11.5 Å². The maximum atomic E-state index is 13.0. The Morgan fingerprint density at radius 3 is 2.72 bits per heavy atom. The second kappa shape index (κ2) is 12.3. The summed E-state index contributed by atoms with van der Waals surface area (Å²) in [6.07, 6.45) is 10.5. The SMILES string of the molecule is CCCCCCCC1=NN2C(=N)/C(=C\c3cn(CCOc4cccc(OC)c4)c4ccccc34)C(=O)N=C2S1. The molecule has 1 amide bonds. The molecule has 5 rings (SSSR count). The highest BCUT2D eigenvalue weighted by Gasteiger charge is 2.35. The van der Waals surface area contributed by atoms with Crippen LogP contribution in [0, 0.1) is 5.41 Å². The highest BCUT2D eigenvalue weighted by molar-refractivity contribution is 8.26. The van der Waals surface area contributed by atoms with E-state index in [0.717, 1.165) is 52.3 Å². The summed E-state index contributed by atoms with van der Waals surface area (Å²) < 4.78 is 13.3. The van der Waals surface area contributed by atoms with Crippen LogP contribution in [-0.4, -0.2) is 45.2 Å². The number of amidine groups is 2. The Morgan fingerprint density at radius 2 is 1.87 bits per heavy atom. The second-order valence-corrected chi connectivity index (χ2v) is 10.5. The number of hydrogen-bond donors (Lipinski definition) is 1. The van der Waals surface area contributed by atoms with E-state index >= 15 is 0 Å². The van der Waals surface area contributed by atoms with Gasteiger partial charge in [-0.1, -0.05) is 56.9 Å². The lowest BCUT2D eigenvalue weighted by atomic mass is 10.1. The lowest BCUT2D eigenvalue weighted by molar-refractivity contribution is -0.114. The van der Waals surface area contributed by atoms with Crippen molar-refractivity contribution in [2.75, 3.05) is 13.7 Å². The first-order chi connectivity index (χ1) is 19.1. The number of aliphatic imine (C=N–C) groups is 1. The van der Waals surface area contributed by atoms with Crippen molar-refractivity contribution >= 4 is 50.7 Å². The van der Waals surface area contributed by atoms with Crippen LogP contribution in [0.1, 0.15) is 51.0 Å². The van der Waals surface area contributed by atoms with Crippen LogP contribution in [0.3, 0.4) is 0 Å². The minimum absolute atomic E-state index is 0.0664. The van der Waals surface area contributed by atoms with Gasteiger partial charge in [-0.3, -0.25) is 10.2 Å². The zero-order chi connectivity index (χ0) is 27.2. The lowest BCUT2D eigenvalue weighted by Gasteiger charge is -2.20. The van der Waals surface area contributed by atoms with Gasteiger partial charge in [0.15, 0.2) is 5.84 Å². The number of carbonyl (C=O) groups is 1. The van der Waals surface area contributed by atoms with E-state index < -0.39 is 5.91 Å². The summed E-state index contributed by atoms with van der Waals surface area (Å²) in [5.74, 6) is 1.15. The molecule has 0 aliphatic carbocycles. The lowest BCUT2D eigenvalue weighted by Crippen LogP contribution is -2.35. The van der Waals surface area contributed by atoms with E-state index in [9.17, 15) is 4.79 Å². The maximum absolute atomic E-state index is 13.0. The largest absolute Gasteiger partial charge is 0.497 e. The summed E-state index contributed by atoms with van der Waals surface area (Å²) in [6, 6.07) is 15.6. The number of thioether (sulfide) groups is 1. The zero-order valence-electron chi connectivity index (χ0n) is 22.4. The number of para-hydroxylation sites is 1. The van der Waals surface area contributed by atoms with Crippen molar-refractivity contribution < 1.29 is 14.3 Å². The average Bonchev–Trinajstić information content (AvgIpc) is 3.52. The molecule has 39 heavy (non-hydrogen) atoms. The van der Waals surface area contributed by atoms with E-state index in [1.807, 2.05) is 54.7 Å². The molecule has 1 N–H and O–H groups in total. The van der Waals surface area contributed by atoms with E-state index in [0.29, 0.717) is 18.3 Å². The predicted octanol–water partition coefficient (Wildman–Crippen LogP) is 6.71. The highest BCUT2D eigenvalue weighted by Crippen LogP contribution is 2.31. The van der Waals surface area contributed by atoms with Crippen LogP contribution in [0.4, 0.5) is 0 Å². The molecule has 2 aliphatic heterocycles. The average molecular weight is 544 g/mol. The van der Waals surface area contributed by atoms with E-state index in [-0.39, 0.29) is 11.4 Å². The summed E-state index contributed by atoms with van der Waals surface area (Å²) in [4.78, 5) is 17.3. The molecule has 0 saturated heterocycles. The Morgan fingerprint density at radius 1 is 1.05 bits per heavy atom. The maximum Gasteiger partial charge on any atom is 0.283 e. The van der Waals surface area contributed by atoms with Gasteiger partial charge in [-0.2, -0.15) is 15.1 Å². The number of nitrogens with zero attached hydrogens (tertiary/aromatic N) is 4. The molecule has 0 bridgehead atoms. The van der Waals surface area contributed by atoms with E-state index in [4.69, 9.17) is 14.9 Å². The van der Waals surface area contributed by atoms with Gasteiger partial charge in [0.25, 0.3) is 5.91 Å². The minimum Gasteiger partial charge on any atom is -0.497 e. The molecule has 3 heterocycles. The van der Waals surface area contributed by atoms with Gasteiger partial charge in [0.05, 0.1) is 19.2 Å². The molecule has 0 unspecified atom stereocenters. The number of aromatic nitrogens is 1. The van der Waals surface area contributed by atoms with Crippen molar-refractivity contribution in [1.29, 1.82) is 5.41 Å². The summed E-state index contributed by atoms with van der Waals surface area (Å²) in [6.45, 7) is 3.28. The van der Waals surface area contributed by atoms with Gasteiger partial charge in [0.1, 0.15) is 23.1 Å². The van der Waals surface area contributed by atoms with Crippen LogP contribution in [0.15, 0.2) is 70.4 Å². The smallest absolute Gasteiger partial charge is 0.283 e. The number of benzene rings is 2. The number of ether oxygens (including phenoxy) is 2. The van der Waals surface area contributed by atoms with Crippen molar-refractivity contribution in [1.82, 2.24) is 9.58 Å². The molecule has 2 aromatic carbocycles. The fraction of sp³-hybridized carbons (Fsp3) is 0.333. The molecule has 1 aromatic heterocycles. The number of fused-ring (bicyclic) bond motifs is 2. The second-order valence-electron chi connectivity index (χ2n) is 9.50. The molecule has 3 aromatic rings. The predicted molar refractivity (Wildman–Crippen MR) is 159 cm³/mol. The van der Waals surface area contributed by atoms with Gasteiger partial charge in [-0.25, -0.2) is 0 Å². The summed E-state index contributed by atoms with van der Waals surface area (Å²) in [7, 11) is 1.63. The third-order valence-electron chi connectivity index (χ3n) is 6.75. The molecule has 0 atom stereocenters. The third-order valence-corrected chi connectivity index (χ3v) is 7.72. The van der Waals surface area contributed by atoms with Crippen LogP contribution in [0.25, 0.3) is 17.0 Å². The quantitative estimate of drug-likeness (QED) is 0.202. The van der Waals surface area contributed by atoms with Crippen LogP contribution in [0.2, 0.25) is 0 Å². The first kappa shape index (κ1) is 26.7. The Hall–Kier alpha value is -3.85. The van der Waals surface area contributed by atoms with Crippen LogP contribution in [-0.2, 0) is 11.3 Å². The standard InChI is InChI=1S/C30H33N5O3S/c1-3-4-5-6-7-15-27-33-35-28(31)25(29(36)32-30(35)39-27)18-21-20-34(26-14-9-8-13-24(21)26)16-17-38-23-12-10-11-22(19-23)37-2/h8-14,18-20,31H,3-7,15-17H2,1-2H3/b25-18+,31-28?. The molecule has 8 nitrogen and oxygen atoms in total. The van der Waals surface area contributed by atoms with Gasteiger partial charge in [0, 0.05) is 28.7 Å².